The number of anilines is 2. The highest BCUT2D eigenvalue weighted by molar-refractivity contribution is 7.92. The molecule has 0 spiro atoms. The molecule has 1 fully saturated rings. The van der Waals surface area contributed by atoms with Gasteiger partial charge in [0.2, 0.25) is 11.8 Å². The van der Waals surface area contributed by atoms with E-state index in [9.17, 15) is 18.0 Å². The molecule has 2 aliphatic rings. The second-order valence-electron chi connectivity index (χ2n) is 9.27. The molecule has 0 radical (unpaired) electrons. The molecule has 0 aromatic heterocycles. The maximum absolute atomic E-state index is 13.0. The summed E-state index contributed by atoms with van der Waals surface area (Å²) in [5.41, 5.74) is 3.07. The van der Waals surface area contributed by atoms with Gasteiger partial charge >= 0.3 is 0 Å². The van der Waals surface area contributed by atoms with E-state index >= 15 is 0 Å². The van der Waals surface area contributed by atoms with Crippen molar-refractivity contribution in [1.82, 2.24) is 4.90 Å². The molecule has 2 aromatic rings. The van der Waals surface area contributed by atoms with Crippen molar-refractivity contribution in [3.8, 4) is 0 Å². The number of nitrogens with one attached hydrogen (secondary N) is 1. The Labute approximate surface area is 202 Å². The zero-order valence-electron chi connectivity index (χ0n) is 19.9. The average molecular weight is 484 g/mol. The van der Waals surface area contributed by atoms with Gasteiger partial charge in [0.25, 0.3) is 10.0 Å². The van der Waals surface area contributed by atoms with Gasteiger partial charge in [-0.2, -0.15) is 0 Å². The lowest BCUT2D eigenvalue weighted by Crippen LogP contribution is -2.38. The first kappa shape index (κ1) is 24.3. The van der Waals surface area contributed by atoms with Gasteiger partial charge in [-0.3, -0.25) is 14.3 Å². The van der Waals surface area contributed by atoms with Crippen molar-refractivity contribution in [2.24, 2.45) is 5.92 Å². The molecule has 7 nitrogen and oxygen atoms in total. The number of likely N-dealkylation sites (tertiary alicyclic amines) is 1. The summed E-state index contributed by atoms with van der Waals surface area (Å²) in [6, 6.07) is 12.3. The number of para-hydroxylation sites is 1. The van der Waals surface area contributed by atoms with Crippen LogP contribution in [0, 0.1) is 5.92 Å². The van der Waals surface area contributed by atoms with Crippen molar-refractivity contribution in [2.75, 3.05) is 29.3 Å². The number of rotatable bonds is 7. The van der Waals surface area contributed by atoms with Crippen LogP contribution in [0.25, 0.3) is 0 Å². The van der Waals surface area contributed by atoms with E-state index in [0.29, 0.717) is 24.6 Å². The number of nitrogens with zero attached hydrogens (tertiary/aromatic N) is 2. The number of hydrogen-bond donors (Lipinski definition) is 1. The quantitative estimate of drug-likeness (QED) is 0.645. The van der Waals surface area contributed by atoms with E-state index in [1.54, 1.807) is 35.2 Å². The highest BCUT2D eigenvalue weighted by Gasteiger charge is 2.28. The van der Waals surface area contributed by atoms with Crippen molar-refractivity contribution in [3.05, 3.63) is 53.6 Å². The molecule has 0 bridgehead atoms. The van der Waals surface area contributed by atoms with Crippen molar-refractivity contribution in [3.63, 3.8) is 0 Å². The normalized spacial score (nSPS) is 16.4. The molecule has 0 atom stereocenters. The molecule has 2 amide bonds. The largest absolute Gasteiger partial charge is 0.343 e. The summed E-state index contributed by atoms with van der Waals surface area (Å²) in [4.78, 5) is 29.1. The first-order valence-corrected chi connectivity index (χ1v) is 13.6. The van der Waals surface area contributed by atoms with Gasteiger partial charge in [-0.05, 0) is 67.0 Å². The van der Waals surface area contributed by atoms with Crippen LogP contribution < -0.4 is 9.62 Å². The third kappa shape index (κ3) is 5.27. The molecular formula is C26H33N3O4S. The van der Waals surface area contributed by atoms with Gasteiger partial charge < -0.3 is 9.80 Å². The lowest BCUT2D eigenvalue weighted by Gasteiger charge is -2.30. The third-order valence-corrected chi connectivity index (χ3v) is 8.25. The Bertz CT molecular complexity index is 1170. The summed E-state index contributed by atoms with van der Waals surface area (Å²) < 4.78 is 28.7. The van der Waals surface area contributed by atoms with E-state index in [4.69, 9.17) is 0 Å². The third-order valence-electron chi connectivity index (χ3n) is 6.89. The fraction of sp³-hybridized carbons (Fsp3) is 0.462. The molecule has 1 saturated heterocycles. The van der Waals surface area contributed by atoms with Gasteiger partial charge in [0, 0.05) is 38.2 Å². The number of hydrogen-bond acceptors (Lipinski definition) is 4. The summed E-state index contributed by atoms with van der Waals surface area (Å²) in [5.74, 6) is 0.597. The smallest absolute Gasteiger partial charge is 0.261 e. The predicted octanol–water partition coefficient (Wildman–Crippen LogP) is 3.98. The predicted molar refractivity (Wildman–Crippen MR) is 133 cm³/mol. The van der Waals surface area contributed by atoms with Gasteiger partial charge in [-0.1, -0.05) is 32.0 Å². The van der Waals surface area contributed by atoms with Gasteiger partial charge in [-0.25, -0.2) is 8.42 Å². The molecule has 0 saturated carbocycles. The van der Waals surface area contributed by atoms with Crippen molar-refractivity contribution < 1.29 is 18.0 Å². The van der Waals surface area contributed by atoms with Crippen LogP contribution in [0.3, 0.4) is 0 Å². The van der Waals surface area contributed by atoms with Crippen LogP contribution in [0.4, 0.5) is 11.4 Å². The molecule has 8 heteroatoms. The lowest BCUT2D eigenvalue weighted by atomic mass is 9.99. The molecule has 2 heterocycles. The van der Waals surface area contributed by atoms with Crippen molar-refractivity contribution in [2.45, 2.75) is 57.3 Å². The molecule has 0 aliphatic carbocycles. The van der Waals surface area contributed by atoms with Crippen molar-refractivity contribution >= 4 is 33.2 Å². The summed E-state index contributed by atoms with van der Waals surface area (Å²) in [5, 5.41) is 0. The van der Waals surface area contributed by atoms with Gasteiger partial charge in [-0.15, -0.1) is 0 Å². The Kier molecular flexibility index (Phi) is 7.26. The standard InChI is InChI=1S/C26H33N3O4S/c1-3-20-6-4-5-7-23(20)27-34(32,33)22-8-9-24-21(18-22)14-17-29(24)26(31)11-10-25(30)28-15-12-19(2)13-16-28/h4-9,18-19,27H,3,10-17H2,1-2H3. The Hall–Kier alpha value is -2.87. The van der Waals surface area contributed by atoms with E-state index in [1.807, 2.05) is 24.0 Å². The second kappa shape index (κ2) is 10.2. The monoisotopic (exact) mass is 483 g/mol. The maximum Gasteiger partial charge on any atom is 0.261 e. The van der Waals surface area contributed by atoms with Gasteiger partial charge in [0.1, 0.15) is 0 Å². The minimum absolute atomic E-state index is 0.0412. The molecule has 0 unspecified atom stereocenters. The van der Waals surface area contributed by atoms with Crippen LogP contribution in [0.2, 0.25) is 0 Å². The van der Waals surface area contributed by atoms with Crippen LogP contribution in [-0.2, 0) is 32.5 Å². The lowest BCUT2D eigenvalue weighted by molar-refractivity contribution is -0.134. The highest BCUT2D eigenvalue weighted by atomic mass is 32.2. The molecular weight excluding hydrogens is 450 g/mol. The van der Waals surface area contributed by atoms with E-state index in [2.05, 4.69) is 11.6 Å². The number of carbonyl (C=O) groups is 2. The second-order valence-corrected chi connectivity index (χ2v) is 10.9. The minimum Gasteiger partial charge on any atom is -0.343 e. The SMILES string of the molecule is CCc1ccccc1NS(=O)(=O)c1ccc2c(c1)CCN2C(=O)CCC(=O)N1CCC(C)CC1. The summed E-state index contributed by atoms with van der Waals surface area (Å²) in [6.07, 6.45) is 3.73. The fourth-order valence-corrected chi connectivity index (χ4v) is 5.85. The average Bonchev–Trinajstić information content (AvgIpc) is 3.26. The van der Waals surface area contributed by atoms with Crippen LogP contribution in [-0.4, -0.2) is 44.8 Å². The van der Waals surface area contributed by atoms with E-state index in [-0.39, 0.29) is 29.6 Å². The Morgan fingerprint density at radius 1 is 1.00 bits per heavy atom. The van der Waals surface area contributed by atoms with Crippen LogP contribution in [0.1, 0.15) is 50.7 Å². The van der Waals surface area contributed by atoms with Gasteiger partial charge in [0.05, 0.1) is 10.6 Å². The summed E-state index contributed by atoms with van der Waals surface area (Å²) in [6.45, 7) is 6.23. The van der Waals surface area contributed by atoms with E-state index < -0.39 is 10.0 Å². The van der Waals surface area contributed by atoms with Gasteiger partial charge in [0.15, 0.2) is 0 Å². The fourth-order valence-electron chi connectivity index (χ4n) is 4.70. The Morgan fingerprint density at radius 3 is 2.44 bits per heavy atom. The maximum atomic E-state index is 13.0. The summed E-state index contributed by atoms with van der Waals surface area (Å²) in [7, 11) is -3.75. The zero-order valence-corrected chi connectivity index (χ0v) is 20.7. The topological polar surface area (TPSA) is 86.8 Å². The Morgan fingerprint density at radius 2 is 1.71 bits per heavy atom. The molecule has 34 heavy (non-hydrogen) atoms. The number of benzene rings is 2. The van der Waals surface area contributed by atoms with Crippen LogP contribution in [0.15, 0.2) is 47.4 Å². The molecule has 1 N–H and O–H groups in total. The van der Waals surface area contributed by atoms with Crippen molar-refractivity contribution in [1.29, 1.82) is 0 Å². The summed E-state index contributed by atoms with van der Waals surface area (Å²) >= 11 is 0. The Balaban J connectivity index is 1.41. The number of amides is 2. The number of piperidine rings is 1. The van der Waals surface area contributed by atoms with Crippen LogP contribution in [0.5, 0.6) is 0 Å². The first-order valence-electron chi connectivity index (χ1n) is 12.1. The minimum atomic E-state index is -3.75. The number of aryl methyl sites for hydroxylation is 1. The molecule has 182 valence electrons. The van der Waals surface area contributed by atoms with E-state index in [0.717, 1.165) is 49.2 Å². The number of fused-ring (bicyclic) bond motifs is 1. The zero-order chi connectivity index (χ0) is 24.3. The molecule has 2 aliphatic heterocycles. The van der Waals surface area contributed by atoms with E-state index in [1.165, 1.54) is 0 Å². The number of carbonyl (C=O) groups excluding carboxylic acids is 2. The molecule has 2 aromatic carbocycles. The molecule has 4 rings (SSSR count). The first-order chi connectivity index (χ1) is 16.3. The number of sulfonamides is 1. The van der Waals surface area contributed by atoms with Crippen LogP contribution >= 0.6 is 0 Å². The highest BCUT2D eigenvalue weighted by Crippen LogP contribution is 2.32.